The van der Waals surface area contributed by atoms with E-state index >= 15 is 0 Å². The number of benzene rings is 3. The Labute approximate surface area is 206 Å². The Hall–Kier alpha value is -3.80. The Balaban J connectivity index is 1.54. The lowest BCUT2D eigenvalue weighted by atomic mass is 10.0. The van der Waals surface area contributed by atoms with Crippen molar-refractivity contribution in [2.45, 2.75) is 44.3 Å². The summed E-state index contributed by atoms with van der Waals surface area (Å²) in [6.45, 7) is 0.408. The monoisotopic (exact) mass is 472 g/mol. The molecule has 0 heterocycles. The molecular weight excluding hydrogens is 440 g/mol. The normalized spacial score (nSPS) is 13.5. The van der Waals surface area contributed by atoms with Gasteiger partial charge in [-0.25, -0.2) is 0 Å². The number of carbonyl (C=O) groups excluding carboxylic acids is 2. The number of ether oxygens (including phenoxy) is 2. The molecule has 0 saturated heterocycles. The molecule has 6 heteroatoms. The van der Waals surface area contributed by atoms with Gasteiger partial charge in [-0.1, -0.05) is 54.6 Å². The van der Waals surface area contributed by atoms with Gasteiger partial charge in [-0.2, -0.15) is 0 Å². The predicted octanol–water partition coefficient (Wildman–Crippen LogP) is 4.69. The van der Waals surface area contributed by atoms with Gasteiger partial charge in [0.15, 0.2) is 0 Å². The van der Waals surface area contributed by atoms with Crippen molar-refractivity contribution in [2.75, 3.05) is 14.2 Å². The molecule has 6 nitrogen and oxygen atoms in total. The van der Waals surface area contributed by atoms with Crippen molar-refractivity contribution in [2.24, 2.45) is 0 Å². The minimum atomic E-state index is -0.694. The van der Waals surface area contributed by atoms with Crippen LogP contribution in [0.3, 0.4) is 0 Å². The van der Waals surface area contributed by atoms with Gasteiger partial charge in [-0.3, -0.25) is 9.59 Å². The number of rotatable bonds is 11. The topological polar surface area (TPSA) is 67.9 Å². The first-order valence-corrected chi connectivity index (χ1v) is 12.0. The van der Waals surface area contributed by atoms with Gasteiger partial charge in [0.25, 0.3) is 0 Å². The molecule has 2 amide bonds. The van der Waals surface area contributed by atoms with E-state index < -0.39 is 6.04 Å². The van der Waals surface area contributed by atoms with Gasteiger partial charge in [-0.15, -0.1) is 0 Å². The molecule has 3 aromatic rings. The summed E-state index contributed by atoms with van der Waals surface area (Å²) in [7, 11) is 3.24. The summed E-state index contributed by atoms with van der Waals surface area (Å²) >= 11 is 0. The SMILES string of the molecule is COc1ccc(CCC(=O)N(C2CC2)C(C(=O)NCc2ccccc2)c2ccc(OC)cc2)cc1. The third-order valence-corrected chi connectivity index (χ3v) is 6.28. The van der Waals surface area contributed by atoms with E-state index in [9.17, 15) is 9.59 Å². The summed E-state index contributed by atoms with van der Waals surface area (Å²) in [4.78, 5) is 28.9. The van der Waals surface area contributed by atoms with Crippen molar-refractivity contribution < 1.29 is 19.1 Å². The summed E-state index contributed by atoms with van der Waals surface area (Å²) in [5.41, 5.74) is 2.85. The van der Waals surface area contributed by atoms with Crippen molar-refractivity contribution in [3.05, 3.63) is 95.6 Å². The smallest absolute Gasteiger partial charge is 0.247 e. The van der Waals surface area contributed by atoms with Crippen LogP contribution in [0.4, 0.5) is 0 Å². The van der Waals surface area contributed by atoms with Crippen LogP contribution in [0.15, 0.2) is 78.9 Å². The zero-order valence-electron chi connectivity index (χ0n) is 20.3. The highest BCUT2D eigenvalue weighted by Crippen LogP contribution is 2.36. The fourth-order valence-corrected chi connectivity index (χ4v) is 4.19. The van der Waals surface area contributed by atoms with E-state index in [0.717, 1.165) is 35.3 Å². The summed E-state index contributed by atoms with van der Waals surface area (Å²) in [6, 6.07) is 24.3. The second-order valence-corrected chi connectivity index (χ2v) is 8.76. The highest BCUT2D eigenvalue weighted by atomic mass is 16.5. The first-order chi connectivity index (χ1) is 17.1. The van der Waals surface area contributed by atoms with Gasteiger partial charge < -0.3 is 19.7 Å². The maximum Gasteiger partial charge on any atom is 0.247 e. The lowest BCUT2D eigenvalue weighted by Crippen LogP contribution is -2.45. The maximum absolute atomic E-state index is 13.5. The van der Waals surface area contributed by atoms with Gasteiger partial charge in [-0.05, 0) is 60.2 Å². The quantitative estimate of drug-likeness (QED) is 0.440. The third kappa shape index (κ3) is 6.41. The molecule has 0 radical (unpaired) electrons. The molecule has 0 spiro atoms. The zero-order chi connectivity index (χ0) is 24.6. The molecule has 1 atom stereocenters. The highest BCUT2D eigenvalue weighted by molar-refractivity contribution is 5.89. The number of nitrogens with one attached hydrogen (secondary N) is 1. The van der Waals surface area contributed by atoms with E-state index in [2.05, 4.69) is 5.32 Å². The molecule has 0 bridgehead atoms. The van der Waals surface area contributed by atoms with E-state index in [1.807, 2.05) is 78.9 Å². The fourth-order valence-electron chi connectivity index (χ4n) is 4.19. The van der Waals surface area contributed by atoms with Crippen LogP contribution in [0.5, 0.6) is 11.5 Å². The van der Waals surface area contributed by atoms with Gasteiger partial charge in [0, 0.05) is 19.0 Å². The summed E-state index contributed by atoms with van der Waals surface area (Å²) in [6.07, 6.45) is 2.76. The Bertz CT molecular complexity index is 1110. The number of nitrogens with zero attached hydrogens (tertiary/aromatic N) is 1. The van der Waals surface area contributed by atoms with Crippen LogP contribution in [-0.2, 0) is 22.6 Å². The summed E-state index contributed by atoms with van der Waals surface area (Å²) in [5.74, 6) is 1.30. The average Bonchev–Trinajstić information content (AvgIpc) is 3.75. The molecule has 35 heavy (non-hydrogen) atoms. The van der Waals surface area contributed by atoms with Crippen LogP contribution >= 0.6 is 0 Å². The molecule has 1 fully saturated rings. The maximum atomic E-state index is 13.5. The minimum Gasteiger partial charge on any atom is -0.497 e. The number of amides is 2. The van der Waals surface area contributed by atoms with Crippen LogP contribution in [0, 0.1) is 0 Å². The molecular formula is C29H32N2O4. The van der Waals surface area contributed by atoms with Crippen LogP contribution in [0.2, 0.25) is 0 Å². The summed E-state index contributed by atoms with van der Waals surface area (Å²) in [5, 5.41) is 3.05. The van der Waals surface area contributed by atoms with Gasteiger partial charge in [0.05, 0.1) is 14.2 Å². The molecule has 0 aliphatic heterocycles. The fraction of sp³-hybridized carbons (Fsp3) is 0.310. The Kier molecular flexibility index (Phi) is 8.03. The number of methoxy groups -OCH3 is 2. The van der Waals surface area contributed by atoms with Crippen molar-refractivity contribution in [3.8, 4) is 11.5 Å². The first kappa shape index (κ1) is 24.3. The Morgan fingerprint density at radius 2 is 1.46 bits per heavy atom. The summed E-state index contributed by atoms with van der Waals surface area (Å²) < 4.78 is 10.5. The van der Waals surface area contributed by atoms with Crippen molar-refractivity contribution in [1.82, 2.24) is 10.2 Å². The molecule has 1 N–H and O–H groups in total. The van der Waals surface area contributed by atoms with Crippen molar-refractivity contribution >= 4 is 11.8 Å². The Morgan fingerprint density at radius 3 is 2.03 bits per heavy atom. The molecule has 1 aliphatic rings. The molecule has 1 aliphatic carbocycles. The van der Waals surface area contributed by atoms with Crippen LogP contribution in [0.25, 0.3) is 0 Å². The van der Waals surface area contributed by atoms with Crippen molar-refractivity contribution in [3.63, 3.8) is 0 Å². The van der Waals surface area contributed by atoms with E-state index in [1.165, 1.54) is 0 Å². The van der Waals surface area contributed by atoms with E-state index in [-0.39, 0.29) is 17.9 Å². The second kappa shape index (κ2) is 11.6. The third-order valence-electron chi connectivity index (χ3n) is 6.28. The van der Waals surface area contributed by atoms with E-state index in [4.69, 9.17) is 9.47 Å². The molecule has 0 aromatic heterocycles. The lowest BCUT2D eigenvalue weighted by molar-refractivity contribution is -0.141. The zero-order valence-corrected chi connectivity index (χ0v) is 20.3. The number of hydrogen-bond acceptors (Lipinski definition) is 4. The van der Waals surface area contributed by atoms with Gasteiger partial charge in [0.2, 0.25) is 11.8 Å². The van der Waals surface area contributed by atoms with E-state index in [0.29, 0.717) is 25.1 Å². The predicted molar refractivity (Wildman–Crippen MR) is 135 cm³/mol. The second-order valence-electron chi connectivity index (χ2n) is 8.76. The largest absolute Gasteiger partial charge is 0.497 e. The average molecular weight is 473 g/mol. The van der Waals surface area contributed by atoms with Gasteiger partial charge in [0.1, 0.15) is 17.5 Å². The first-order valence-electron chi connectivity index (χ1n) is 12.0. The molecule has 182 valence electrons. The lowest BCUT2D eigenvalue weighted by Gasteiger charge is -2.32. The number of hydrogen-bond donors (Lipinski definition) is 1. The minimum absolute atomic E-state index is 0.0148. The van der Waals surface area contributed by atoms with Crippen LogP contribution < -0.4 is 14.8 Å². The van der Waals surface area contributed by atoms with E-state index in [1.54, 1.807) is 19.1 Å². The van der Waals surface area contributed by atoms with Crippen LogP contribution in [0.1, 0.15) is 42.0 Å². The van der Waals surface area contributed by atoms with Crippen LogP contribution in [-0.4, -0.2) is 37.0 Å². The molecule has 3 aromatic carbocycles. The molecule has 1 unspecified atom stereocenters. The van der Waals surface area contributed by atoms with Gasteiger partial charge >= 0.3 is 0 Å². The molecule has 1 saturated carbocycles. The highest BCUT2D eigenvalue weighted by Gasteiger charge is 2.41. The van der Waals surface area contributed by atoms with Crippen molar-refractivity contribution in [1.29, 1.82) is 0 Å². The number of aryl methyl sites for hydroxylation is 1. The number of carbonyl (C=O) groups is 2. The molecule has 4 rings (SSSR count). The standard InChI is InChI=1S/C29H32N2O4/c1-34-25-15-8-21(9-16-25)10-19-27(32)31(24-13-14-24)28(23-11-17-26(35-2)18-12-23)29(33)30-20-22-6-4-3-5-7-22/h3-9,11-12,15-18,24,28H,10,13-14,19-20H2,1-2H3,(H,30,33). The Morgan fingerprint density at radius 1 is 0.857 bits per heavy atom.